The molecule has 4 heteroatoms. The van der Waals surface area contributed by atoms with Crippen LogP contribution in [0.4, 0.5) is 0 Å². The number of benzene rings is 1. The number of ether oxygens (including phenoxy) is 1. The van der Waals surface area contributed by atoms with Crippen molar-refractivity contribution in [2.24, 2.45) is 0 Å². The Bertz CT molecular complexity index is 294. The summed E-state index contributed by atoms with van der Waals surface area (Å²) in [6, 6.07) is 8.26. The van der Waals surface area contributed by atoms with Gasteiger partial charge < -0.3 is 15.2 Å². The van der Waals surface area contributed by atoms with E-state index in [0.717, 1.165) is 24.0 Å². The SMILES string of the molecule is OCCOCCCNCc1cccc(Br)c1. The van der Waals surface area contributed by atoms with Gasteiger partial charge in [-0.15, -0.1) is 0 Å². The maximum Gasteiger partial charge on any atom is 0.0697 e. The average Bonchev–Trinajstić information content (AvgIpc) is 2.28. The molecule has 0 aliphatic heterocycles. The first-order valence-electron chi connectivity index (χ1n) is 5.46. The predicted molar refractivity (Wildman–Crippen MR) is 68.4 cm³/mol. The van der Waals surface area contributed by atoms with Crippen molar-refractivity contribution in [1.82, 2.24) is 5.32 Å². The van der Waals surface area contributed by atoms with Gasteiger partial charge in [0, 0.05) is 17.6 Å². The third kappa shape index (κ3) is 6.23. The van der Waals surface area contributed by atoms with E-state index < -0.39 is 0 Å². The van der Waals surface area contributed by atoms with Crippen molar-refractivity contribution in [2.45, 2.75) is 13.0 Å². The summed E-state index contributed by atoms with van der Waals surface area (Å²) in [6.07, 6.45) is 0.966. The van der Waals surface area contributed by atoms with E-state index in [1.165, 1.54) is 5.56 Å². The monoisotopic (exact) mass is 287 g/mol. The topological polar surface area (TPSA) is 41.5 Å². The zero-order valence-corrected chi connectivity index (χ0v) is 10.9. The van der Waals surface area contributed by atoms with Crippen LogP contribution in [0.25, 0.3) is 0 Å². The molecule has 0 aliphatic carbocycles. The molecule has 0 heterocycles. The third-order valence-corrected chi connectivity index (χ3v) is 2.59. The van der Waals surface area contributed by atoms with Gasteiger partial charge >= 0.3 is 0 Å². The van der Waals surface area contributed by atoms with Gasteiger partial charge in [-0.3, -0.25) is 0 Å². The van der Waals surface area contributed by atoms with Crippen molar-refractivity contribution < 1.29 is 9.84 Å². The Morgan fingerprint density at radius 3 is 2.94 bits per heavy atom. The van der Waals surface area contributed by atoms with Crippen LogP contribution in [0.2, 0.25) is 0 Å². The Balaban J connectivity index is 2.03. The quantitative estimate of drug-likeness (QED) is 0.718. The molecular formula is C12H18BrNO2. The van der Waals surface area contributed by atoms with Gasteiger partial charge in [-0.05, 0) is 30.7 Å². The zero-order chi connectivity index (χ0) is 11.6. The van der Waals surface area contributed by atoms with Crippen LogP contribution in [-0.4, -0.2) is 31.5 Å². The molecular weight excluding hydrogens is 270 g/mol. The molecule has 1 rings (SSSR count). The predicted octanol–water partition coefficient (Wildman–Crippen LogP) is 1.94. The summed E-state index contributed by atoms with van der Waals surface area (Å²) in [4.78, 5) is 0. The third-order valence-electron chi connectivity index (χ3n) is 2.10. The van der Waals surface area contributed by atoms with Crippen molar-refractivity contribution >= 4 is 15.9 Å². The summed E-state index contributed by atoms with van der Waals surface area (Å²) in [7, 11) is 0. The Labute approximate surface area is 105 Å². The lowest BCUT2D eigenvalue weighted by Gasteiger charge is -2.05. The van der Waals surface area contributed by atoms with Crippen LogP contribution in [0, 0.1) is 0 Å². The number of aliphatic hydroxyl groups is 1. The van der Waals surface area contributed by atoms with Crippen LogP contribution in [0.1, 0.15) is 12.0 Å². The van der Waals surface area contributed by atoms with Crippen LogP contribution in [0.15, 0.2) is 28.7 Å². The molecule has 0 fully saturated rings. The maximum atomic E-state index is 8.50. The highest BCUT2D eigenvalue weighted by Gasteiger charge is 1.93. The molecule has 0 saturated heterocycles. The largest absolute Gasteiger partial charge is 0.394 e. The minimum Gasteiger partial charge on any atom is -0.394 e. The molecule has 0 amide bonds. The first-order chi connectivity index (χ1) is 7.83. The maximum absolute atomic E-state index is 8.50. The smallest absolute Gasteiger partial charge is 0.0697 e. The summed E-state index contributed by atoms with van der Waals surface area (Å²) >= 11 is 3.44. The second-order valence-corrected chi connectivity index (χ2v) is 4.41. The average molecular weight is 288 g/mol. The number of halogens is 1. The lowest BCUT2D eigenvalue weighted by atomic mass is 10.2. The molecule has 0 unspecified atom stereocenters. The summed E-state index contributed by atoms with van der Waals surface area (Å²) in [5.41, 5.74) is 1.27. The highest BCUT2D eigenvalue weighted by molar-refractivity contribution is 9.10. The molecule has 0 aliphatic rings. The van der Waals surface area contributed by atoms with E-state index in [9.17, 15) is 0 Å². The standard InChI is InChI=1S/C12H18BrNO2/c13-12-4-1-3-11(9-12)10-14-5-2-7-16-8-6-15/h1,3-4,9,14-15H,2,5-8,10H2. The summed E-state index contributed by atoms with van der Waals surface area (Å²) in [6.45, 7) is 3.04. The van der Waals surface area contributed by atoms with E-state index in [2.05, 4.69) is 33.4 Å². The van der Waals surface area contributed by atoms with Crippen LogP contribution >= 0.6 is 15.9 Å². The van der Waals surface area contributed by atoms with E-state index in [0.29, 0.717) is 13.2 Å². The lowest BCUT2D eigenvalue weighted by molar-refractivity contribution is 0.0907. The lowest BCUT2D eigenvalue weighted by Crippen LogP contribution is -2.16. The zero-order valence-electron chi connectivity index (χ0n) is 9.29. The molecule has 1 aromatic rings. The van der Waals surface area contributed by atoms with Gasteiger partial charge in [-0.2, -0.15) is 0 Å². The molecule has 90 valence electrons. The van der Waals surface area contributed by atoms with Crippen LogP contribution in [-0.2, 0) is 11.3 Å². The van der Waals surface area contributed by atoms with E-state index in [1.807, 2.05) is 12.1 Å². The van der Waals surface area contributed by atoms with E-state index in [-0.39, 0.29) is 6.61 Å². The van der Waals surface area contributed by atoms with Crippen molar-refractivity contribution in [3.63, 3.8) is 0 Å². The summed E-state index contributed by atoms with van der Waals surface area (Å²) in [5.74, 6) is 0. The van der Waals surface area contributed by atoms with Gasteiger partial charge in [0.2, 0.25) is 0 Å². The number of hydrogen-bond donors (Lipinski definition) is 2. The Hall–Kier alpha value is -0.420. The molecule has 3 nitrogen and oxygen atoms in total. The fraction of sp³-hybridized carbons (Fsp3) is 0.500. The van der Waals surface area contributed by atoms with Gasteiger partial charge in [-0.25, -0.2) is 0 Å². The minimum atomic E-state index is 0.103. The number of aliphatic hydroxyl groups excluding tert-OH is 1. The number of rotatable bonds is 8. The van der Waals surface area contributed by atoms with Crippen LogP contribution in [0.3, 0.4) is 0 Å². The molecule has 0 spiro atoms. The fourth-order valence-corrected chi connectivity index (χ4v) is 1.79. The summed E-state index contributed by atoms with van der Waals surface area (Å²) < 4.78 is 6.27. The normalized spacial score (nSPS) is 10.6. The molecule has 0 bridgehead atoms. The molecule has 16 heavy (non-hydrogen) atoms. The second kappa shape index (κ2) is 8.70. The van der Waals surface area contributed by atoms with Gasteiger partial charge in [0.25, 0.3) is 0 Å². The second-order valence-electron chi connectivity index (χ2n) is 3.50. The Kier molecular flexibility index (Phi) is 7.42. The Morgan fingerprint density at radius 2 is 2.19 bits per heavy atom. The molecule has 0 radical (unpaired) electrons. The van der Waals surface area contributed by atoms with Gasteiger partial charge in [0.05, 0.1) is 13.2 Å². The highest BCUT2D eigenvalue weighted by atomic mass is 79.9. The van der Waals surface area contributed by atoms with Crippen LogP contribution < -0.4 is 5.32 Å². The molecule has 0 aromatic heterocycles. The van der Waals surface area contributed by atoms with E-state index in [4.69, 9.17) is 9.84 Å². The van der Waals surface area contributed by atoms with Gasteiger partial charge in [-0.1, -0.05) is 28.1 Å². The summed E-state index contributed by atoms with van der Waals surface area (Å²) in [5, 5.41) is 11.8. The van der Waals surface area contributed by atoms with E-state index in [1.54, 1.807) is 0 Å². The number of nitrogens with one attached hydrogen (secondary N) is 1. The van der Waals surface area contributed by atoms with Crippen molar-refractivity contribution in [2.75, 3.05) is 26.4 Å². The molecule has 1 aromatic carbocycles. The molecule has 2 N–H and O–H groups in total. The fourth-order valence-electron chi connectivity index (χ4n) is 1.35. The van der Waals surface area contributed by atoms with Crippen molar-refractivity contribution in [3.8, 4) is 0 Å². The first-order valence-corrected chi connectivity index (χ1v) is 6.26. The van der Waals surface area contributed by atoms with Crippen molar-refractivity contribution in [1.29, 1.82) is 0 Å². The van der Waals surface area contributed by atoms with E-state index >= 15 is 0 Å². The van der Waals surface area contributed by atoms with Crippen LogP contribution in [0.5, 0.6) is 0 Å². The Morgan fingerprint density at radius 1 is 1.31 bits per heavy atom. The minimum absolute atomic E-state index is 0.103. The number of hydrogen-bond acceptors (Lipinski definition) is 3. The van der Waals surface area contributed by atoms with Crippen molar-refractivity contribution in [3.05, 3.63) is 34.3 Å². The molecule has 0 atom stereocenters. The highest BCUT2D eigenvalue weighted by Crippen LogP contribution is 2.11. The van der Waals surface area contributed by atoms with Gasteiger partial charge in [0.1, 0.15) is 0 Å². The van der Waals surface area contributed by atoms with Gasteiger partial charge in [0.15, 0.2) is 0 Å². The first kappa shape index (κ1) is 13.6. The molecule has 0 saturated carbocycles.